The van der Waals surface area contributed by atoms with Crippen molar-refractivity contribution in [3.05, 3.63) is 83.0 Å². The number of aryl methyl sites for hydroxylation is 2. The van der Waals surface area contributed by atoms with Gasteiger partial charge in [-0.05, 0) is 56.3 Å². The molecule has 4 N–H and O–H groups in total. The minimum atomic E-state index is -0.390. The number of rotatable bonds is 5. The summed E-state index contributed by atoms with van der Waals surface area (Å²) in [6.45, 7) is 4.02. The van der Waals surface area contributed by atoms with Gasteiger partial charge in [-0.1, -0.05) is 11.6 Å². The number of furan rings is 1. The second-order valence-electron chi connectivity index (χ2n) is 7.11. The molecule has 2 aromatic carbocycles. The van der Waals surface area contributed by atoms with Gasteiger partial charge in [0.15, 0.2) is 5.76 Å². The van der Waals surface area contributed by atoms with Crippen LogP contribution in [-0.2, 0) is 6.54 Å². The van der Waals surface area contributed by atoms with Crippen LogP contribution < -0.4 is 16.4 Å². The molecule has 6 nitrogen and oxygen atoms in total. The second-order valence-corrected chi connectivity index (χ2v) is 7.11. The molecule has 4 rings (SSSR count). The van der Waals surface area contributed by atoms with Crippen LogP contribution in [0.5, 0.6) is 0 Å². The zero-order chi connectivity index (χ0) is 21.3. The molecule has 2 heterocycles. The van der Waals surface area contributed by atoms with Crippen LogP contribution in [0.3, 0.4) is 0 Å². The number of nitrogen functional groups attached to an aromatic ring is 1. The average molecular weight is 404 g/mol. The number of nitrogens with one attached hydrogen (secondary N) is 2. The van der Waals surface area contributed by atoms with Gasteiger partial charge in [0.2, 0.25) is 0 Å². The lowest BCUT2D eigenvalue weighted by Crippen LogP contribution is -2.13. The van der Waals surface area contributed by atoms with Gasteiger partial charge in [0.25, 0.3) is 5.91 Å². The van der Waals surface area contributed by atoms with E-state index in [1.165, 1.54) is 12.1 Å². The van der Waals surface area contributed by atoms with Crippen LogP contribution in [0.15, 0.2) is 59.1 Å². The molecule has 0 saturated carbocycles. The number of pyridine rings is 1. The molecule has 0 unspecified atom stereocenters. The average Bonchev–Trinajstić information content (AvgIpc) is 3.05. The minimum absolute atomic E-state index is 0.189. The predicted molar refractivity (Wildman–Crippen MR) is 116 cm³/mol. The first kappa shape index (κ1) is 19.4. The van der Waals surface area contributed by atoms with E-state index in [1.54, 1.807) is 24.4 Å². The van der Waals surface area contributed by atoms with Crippen LogP contribution in [0.1, 0.15) is 27.2 Å². The SMILES string of the molecule is Cc1ccc2oc(C(=O)Nc3ccc(F)c(CNc4cccnc4N)c3)c(C)c2c1. The van der Waals surface area contributed by atoms with E-state index < -0.39 is 5.82 Å². The predicted octanol–water partition coefficient (Wildman–Crippen LogP) is 5.03. The van der Waals surface area contributed by atoms with Crippen molar-refractivity contribution in [3.63, 3.8) is 0 Å². The summed E-state index contributed by atoms with van der Waals surface area (Å²) in [6.07, 6.45) is 1.58. The Morgan fingerprint density at radius 1 is 1.17 bits per heavy atom. The molecule has 0 radical (unpaired) electrons. The van der Waals surface area contributed by atoms with Crippen molar-refractivity contribution in [3.8, 4) is 0 Å². The molecule has 0 saturated heterocycles. The smallest absolute Gasteiger partial charge is 0.291 e. The van der Waals surface area contributed by atoms with Crippen molar-refractivity contribution in [2.45, 2.75) is 20.4 Å². The molecule has 0 spiro atoms. The number of fused-ring (bicyclic) bond motifs is 1. The fraction of sp³-hybridized carbons (Fsp3) is 0.130. The molecule has 2 aromatic heterocycles. The third-order valence-electron chi connectivity index (χ3n) is 4.91. The van der Waals surface area contributed by atoms with Gasteiger partial charge in [-0.2, -0.15) is 0 Å². The standard InChI is InChI=1S/C23H21FN4O2/c1-13-5-8-20-17(10-13)14(2)21(30-20)23(29)28-16-6-7-18(24)15(11-16)12-27-19-4-3-9-26-22(19)25/h3-11,27H,12H2,1-2H3,(H2,25,26)(H,28,29). The van der Waals surface area contributed by atoms with E-state index >= 15 is 0 Å². The largest absolute Gasteiger partial charge is 0.451 e. The van der Waals surface area contributed by atoms with Gasteiger partial charge in [0.1, 0.15) is 17.2 Å². The van der Waals surface area contributed by atoms with Crippen molar-refractivity contribution >= 4 is 34.1 Å². The number of carbonyl (C=O) groups excluding carboxylic acids is 1. The van der Waals surface area contributed by atoms with Crippen molar-refractivity contribution in [1.29, 1.82) is 0 Å². The highest BCUT2D eigenvalue weighted by Gasteiger charge is 2.18. The first-order valence-electron chi connectivity index (χ1n) is 9.46. The first-order valence-corrected chi connectivity index (χ1v) is 9.46. The maximum atomic E-state index is 14.3. The van der Waals surface area contributed by atoms with Gasteiger partial charge in [-0.25, -0.2) is 9.37 Å². The maximum absolute atomic E-state index is 14.3. The number of anilines is 3. The number of carbonyl (C=O) groups is 1. The Labute approximate surface area is 172 Å². The molecule has 0 aliphatic rings. The summed E-state index contributed by atoms with van der Waals surface area (Å²) in [5.41, 5.74) is 9.77. The van der Waals surface area contributed by atoms with E-state index in [-0.39, 0.29) is 18.2 Å². The topological polar surface area (TPSA) is 93.2 Å². The van der Waals surface area contributed by atoms with E-state index in [4.69, 9.17) is 10.2 Å². The molecule has 152 valence electrons. The fourth-order valence-electron chi connectivity index (χ4n) is 3.28. The van der Waals surface area contributed by atoms with Crippen LogP contribution in [0, 0.1) is 19.7 Å². The van der Waals surface area contributed by atoms with Crippen LogP contribution in [-0.4, -0.2) is 10.9 Å². The fourth-order valence-corrected chi connectivity index (χ4v) is 3.28. The number of halogens is 1. The van der Waals surface area contributed by atoms with E-state index in [9.17, 15) is 9.18 Å². The molecular weight excluding hydrogens is 383 g/mol. The molecular formula is C23H21FN4O2. The van der Waals surface area contributed by atoms with Crippen LogP contribution in [0.4, 0.5) is 21.6 Å². The van der Waals surface area contributed by atoms with Crippen LogP contribution >= 0.6 is 0 Å². The zero-order valence-corrected chi connectivity index (χ0v) is 16.6. The van der Waals surface area contributed by atoms with Gasteiger partial charge < -0.3 is 20.8 Å². The Morgan fingerprint density at radius 2 is 2.00 bits per heavy atom. The monoisotopic (exact) mass is 404 g/mol. The van der Waals surface area contributed by atoms with E-state index in [1.807, 2.05) is 32.0 Å². The molecule has 0 aliphatic heterocycles. The van der Waals surface area contributed by atoms with Crippen molar-refractivity contribution < 1.29 is 13.6 Å². The Kier molecular flexibility index (Phi) is 5.10. The van der Waals surface area contributed by atoms with E-state index in [2.05, 4.69) is 15.6 Å². The van der Waals surface area contributed by atoms with E-state index in [0.717, 1.165) is 16.5 Å². The highest BCUT2D eigenvalue weighted by Crippen LogP contribution is 2.27. The third kappa shape index (κ3) is 3.82. The van der Waals surface area contributed by atoms with E-state index in [0.29, 0.717) is 28.3 Å². The molecule has 1 amide bonds. The number of nitrogens with zero attached hydrogens (tertiary/aromatic N) is 1. The number of hydrogen-bond acceptors (Lipinski definition) is 5. The summed E-state index contributed by atoms with van der Waals surface area (Å²) in [7, 11) is 0. The summed E-state index contributed by atoms with van der Waals surface area (Å²) in [4.78, 5) is 16.8. The number of hydrogen-bond donors (Lipinski definition) is 3. The second kappa shape index (κ2) is 7.87. The third-order valence-corrected chi connectivity index (χ3v) is 4.91. The summed E-state index contributed by atoms with van der Waals surface area (Å²) >= 11 is 0. The first-order chi connectivity index (χ1) is 14.4. The normalized spacial score (nSPS) is 10.9. The lowest BCUT2D eigenvalue weighted by atomic mass is 10.1. The minimum Gasteiger partial charge on any atom is -0.451 e. The summed E-state index contributed by atoms with van der Waals surface area (Å²) in [5, 5.41) is 6.74. The van der Waals surface area contributed by atoms with Gasteiger partial charge in [-0.15, -0.1) is 0 Å². The summed E-state index contributed by atoms with van der Waals surface area (Å²) in [5.74, 6) is -0.206. The van der Waals surface area contributed by atoms with Gasteiger partial charge in [0.05, 0.1) is 5.69 Å². The quantitative estimate of drug-likeness (QED) is 0.434. The highest BCUT2D eigenvalue weighted by molar-refractivity contribution is 6.06. The lowest BCUT2D eigenvalue weighted by Gasteiger charge is -2.11. The molecule has 0 bridgehead atoms. The maximum Gasteiger partial charge on any atom is 0.291 e. The number of aromatic nitrogens is 1. The Hall–Kier alpha value is -3.87. The molecule has 4 aromatic rings. The van der Waals surface area contributed by atoms with Crippen molar-refractivity contribution in [2.24, 2.45) is 0 Å². The molecule has 30 heavy (non-hydrogen) atoms. The van der Waals surface area contributed by atoms with Gasteiger partial charge >= 0.3 is 0 Å². The number of benzene rings is 2. The van der Waals surface area contributed by atoms with Gasteiger partial charge in [-0.3, -0.25) is 4.79 Å². The van der Waals surface area contributed by atoms with Crippen molar-refractivity contribution in [1.82, 2.24) is 4.98 Å². The molecule has 7 heteroatoms. The molecule has 0 fully saturated rings. The summed E-state index contributed by atoms with van der Waals surface area (Å²) in [6, 6.07) is 13.7. The Bertz CT molecular complexity index is 1250. The zero-order valence-electron chi connectivity index (χ0n) is 16.6. The van der Waals surface area contributed by atoms with Gasteiger partial charge in [0, 0.05) is 34.9 Å². The Balaban J connectivity index is 1.54. The number of nitrogens with two attached hydrogens (primary N) is 1. The lowest BCUT2D eigenvalue weighted by molar-refractivity contribution is 0.0998. The number of amides is 1. The summed E-state index contributed by atoms with van der Waals surface area (Å²) < 4.78 is 20.0. The molecule has 0 aliphatic carbocycles. The molecule has 0 atom stereocenters. The van der Waals surface area contributed by atoms with Crippen molar-refractivity contribution in [2.75, 3.05) is 16.4 Å². The van der Waals surface area contributed by atoms with Crippen LogP contribution in [0.2, 0.25) is 0 Å². The Morgan fingerprint density at radius 3 is 2.80 bits per heavy atom. The van der Waals surface area contributed by atoms with Crippen LogP contribution in [0.25, 0.3) is 11.0 Å². The highest BCUT2D eigenvalue weighted by atomic mass is 19.1.